The first kappa shape index (κ1) is 78.8. The van der Waals surface area contributed by atoms with Gasteiger partial charge in [0.2, 0.25) is 0 Å². The van der Waals surface area contributed by atoms with E-state index in [4.69, 9.17) is 14.2 Å². The monoisotopic (exact) mass is 1150 g/mol. The molecule has 6 heteroatoms. The standard InChI is InChI=1S/C76H136O6/c1-4-7-10-13-16-19-22-25-27-29-31-32-33-34-35-36-37-38-39-40-41-42-43-44-45-47-48-51-54-57-60-63-66-69-75(78)81-72-73(71-80-74(77)68-65-62-59-56-53-50-24-21-18-15-12-9-6-3)82-76(79)70-67-64-61-58-55-52-49-46-30-28-26-23-20-17-14-11-8-5-2/h7,10,16,19,25,27-28,30-32,34-35,73H,4-6,8-9,11-15,17-18,20-24,26,29,33,36-72H2,1-3H3/b10-7-,19-16-,27-25-,30-28-,32-31-,35-34-. The number of hydrogen-bond donors (Lipinski definition) is 0. The second-order valence-corrected chi connectivity index (χ2v) is 24.1. The van der Waals surface area contributed by atoms with Gasteiger partial charge in [0.05, 0.1) is 0 Å². The molecule has 0 aromatic carbocycles. The Bertz CT molecular complexity index is 1500. The zero-order chi connectivity index (χ0) is 59.2. The highest BCUT2D eigenvalue weighted by molar-refractivity contribution is 5.71. The Labute approximate surface area is 510 Å². The van der Waals surface area contributed by atoms with Gasteiger partial charge in [-0.3, -0.25) is 14.4 Å². The van der Waals surface area contributed by atoms with Gasteiger partial charge in [-0.2, -0.15) is 0 Å². The Hall–Kier alpha value is -3.15. The first-order chi connectivity index (χ1) is 40.5. The van der Waals surface area contributed by atoms with Gasteiger partial charge in [-0.25, -0.2) is 0 Å². The fourth-order valence-corrected chi connectivity index (χ4v) is 10.6. The Balaban J connectivity index is 4.16. The molecule has 0 aromatic heterocycles. The Morgan fingerprint density at radius 3 is 0.756 bits per heavy atom. The lowest BCUT2D eigenvalue weighted by Crippen LogP contribution is -2.30. The lowest BCUT2D eigenvalue weighted by Gasteiger charge is -2.18. The summed E-state index contributed by atoms with van der Waals surface area (Å²) in [6.45, 7) is 6.58. The molecule has 476 valence electrons. The van der Waals surface area contributed by atoms with Gasteiger partial charge in [0, 0.05) is 19.3 Å². The Morgan fingerprint density at radius 1 is 0.256 bits per heavy atom. The minimum Gasteiger partial charge on any atom is -0.462 e. The molecule has 0 bridgehead atoms. The van der Waals surface area contributed by atoms with Gasteiger partial charge in [-0.05, 0) is 89.9 Å². The summed E-state index contributed by atoms with van der Waals surface area (Å²) in [5.41, 5.74) is 0. The normalized spacial score (nSPS) is 12.5. The van der Waals surface area contributed by atoms with Crippen LogP contribution in [0.1, 0.15) is 374 Å². The molecule has 0 N–H and O–H groups in total. The number of unbranched alkanes of at least 4 members (excludes halogenated alkanes) is 43. The average molecular weight is 1150 g/mol. The van der Waals surface area contributed by atoms with Crippen molar-refractivity contribution in [1.29, 1.82) is 0 Å². The molecule has 0 aliphatic carbocycles. The summed E-state index contributed by atoms with van der Waals surface area (Å²) in [7, 11) is 0. The molecule has 0 spiro atoms. The number of carbonyl (C=O) groups excluding carboxylic acids is 3. The topological polar surface area (TPSA) is 78.9 Å². The summed E-state index contributed by atoms with van der Waals surface area (Å²) in [5, 5.41) is 0. The molecule has 0 aliphatic rings. The molecule has 0 aliphatic heterocycles. The number of rotatable bonds is 66. The van der Waals surface area contributed by atoms with Crippen molar-refractivity contribution in [2.45, 2.75) is 380 Å². The largest absolute Gasteiger partial charge is 0.462 e. The van der Waals surface area contributed by atoms with E-state index in [0.717, 1.165) is 89.9 Å². The summed E-state index contributed by atoms with van der Waals surface area (Å²) in [6, 6.07) is 0. The van der Waals surface area contributed by atoms with Crippen LogP contribution in [0.15, 0.2) is 72.9 Å². The van der Waals surface area contributed by atoms with Gasteiger partial charge in [0.25, 0.3) is 0 Å². The number of ether oxygens (including phenoxy) is 3. The zero-order valence-corrected chi connectivity index (χ0v) is 54.8. The Morgan fingerprint density at radius 2 is 0.476 bits per heavy atom. The summed E-state index contributed by atoms with van der Waals surface area (Å²) in [6.07, 6.45) is 92.2. The van der Waals surface area contributed by atoms with Crippen molar-refractivity contribution < 1.29 is 28.6 Å². The molecular weight excluding hydrogens is 1010 g/mol. The number of carbonyl (C=O) groups is 3. The maximum absolute atomic E-state index is 12.9. The fourth-order valence-electron chi connectivity index (χ4n) is 10.6. The van der Waals surface area contributed by atoms with E-state index >= 15 is 0 Å². The molecule has 1 unspecified atom stereocenters. The molecule has 0 saturated carbocycles. The molecule has 0 amide bonds. The van der Waals surface area contributed by atoms with Crippen molar-refractivity contribution in [2.75, 3.05) is 13.2 Å². The zero-order valence-electron chi connectivity index (χ0n) is 54.8. The number of allylic oxidation sites excluding steroid dienone is 12. The van der Waals surface area contributed by atoms with E-state index < -0.39 is 6.10 Å². The quantitative estimate of drug-likeness (QED) is 0.0261. The van der Waals surface area contributed by atoms with Crippen molar-refractivity contribution in [3.63, 3.8) is 0 Å². The molecule has 0 heterocycles. The lowest BCUT2D eigenvalue weighted by molar-refractivity contribution is -0.167. The predicted molar refractivity (Wildman–Crippen MR) is 358 cm³/mol. The van der Waals surface area contributed by atoms with Gasteiger partial charge in [-0.15, -0.1) is 0 Å². The van der Waals surface area contributed by atoms with Crippen molar-refractivity contribution in [3.8, 4) is 0 Å². The first-order valence-corrected chi connectivity index (χ1v) is 35.9. The fraction of sp³-hybridized carbons (Fsp3) is 0.803. The summed E-state index contributed by atoms with van der Waals surface area (Å²) in [5.74, 6) is -0.851. The van der Waals surface area contributed by atoms with Crippen LogP contribution in [-0.4, -0.2) is 37.2 Å². The van der Waals surface area contributed by atoms with Crippen LogP contribution in [0, 0.1) is 0 Å². The molecular formula is C76H136O6. The van der Waals surface area contributed by atoms with Crippen molar-refractivity contribution in [2.24, 2.45) is 0 Å². The van der Waals surface area contributed by atoms with Crippen LogP contribution in [0.4, 0.5) is 0 Å². The predicted octanol–water partition coefficient (Wildman–Crippen LogP) is 24.8. The highest BCUT2D eigenvalue weighted by atomic mass is 16.6. The van der Waals surface area contributed by atoms with Crippen molar-refractivity contribution >= 4 is 17.9 Å². The van der Waals surface area contributed by atoms with E-state index in [1.807, 2.05) is 0 Å². The number of hydrogen-bond acceptors (Lipinski definition) is 6. The van der Waals surface area contributed by atoms with Crippen molar-refractivity contribution in [1.82, 2.24) is 0 Å². The molecule has 82 heavy (non-hydrogen) atoms. The third-order valence-corrected chi connectivity index (χ3v) is 15.9. The second-order valence-electron chi connectivity index (χ2n) is 24.1. The second kappa shape index (κ2) is 70.3. The highest BCUT2D eigenvalue weighted by Gasteiger charge is 2.19. The van der Waals surface area contributed by atoms with E-state index in [1.165, 1.54) is 244 Å². The van der Waals surface area contributed by atoms with Crippen LogP contribution in [0.25, 0.3) is 0 Å². The van der Waals surface area contributed by atoms with E-state index in [9.17, 15) is 14.4 Å². The maximum atomic E-state index is 12.9. The minimum atomic E-state index is -0.774. The molecule has 0 aromatic rings. The van der Waals surface area contributed by atoms with Gasteiger partial charge in [0.1, 0.15) is 13.2 Å². The summed E-state index contributed by atoms with van der Waals surface area (Å²) < 4.78 is 17.0. The smallest absolute Gasteiger partial charge is 0.306 e. The molecule has 0 saturated heterocycles. The van der Waals surface area contributed by atoms with Gasteiger partial charge >= 0.3 is 17.9 Å². The molecule has 6 nitrogen and oxygen atoms in total. The SMILES string of the molecule is CC/C=C\C/C=C\C/C=C\C/C=C\C/C=C\CCCCCCCCCCCCCCCCCCCC(=O)OCC(COC(=O)CCCCCCCCCCCCCCC)OC(=O)CCCCCCCCC/C=C\CCCCCCCCC. The van der Waals surface area contributed by atoms with Crippen LogP contribution in [0.2, 0.25) is 0 Å². The third kappa shape index (κ3) is 67.6. The van der Waals surface area contributed by atoms with Crippen LogP contribution in [-0.2, 0) is 28.6 Å². The van der Waals surface area contributed by atoms with E-state index in [0.29, 0.717) is 19.3 Å². The lowest BCUT2D eigenvalue weighted by atomic mass is 10.0. The van der Waals surface area contributed by atoms with E-state index in [2.05, 4.69) is 93.7 Å². The van der Waals surface area contributed by atoms with E-state index in [-0.39, 0.29) is 31.1 Å². The van der Waals surface area contributed by atoms with Crippen LogP contribution < -0.4 is 0 Å². The number of esters is 3. The third-order valence-electron chi connectivity index (χ3n) is 15.9. The van der Waals surface area contributed by atoms with Gasteiger partial charge < -0.3 is 14.2 Å². The van der Waals surface area contributed by atoms with Crippen molar-refractivity contribution in [3.05, 3.63) is 72.9 Å². The summed E-state index contributed by atoms with van der Waals surface area (Å²) >= 11 is 0. The minimum absolute atomic E-state index is 0.0705. The van der Waals surface area contributed by atoms with Gasteiger partial charge in [0.15, 0.2) is 6.10 Å². The average Bonchev–Trinajstić information content (AvgIpc) is 3.47. The van der Waals surface area contributed by atoms with Crippen LogP contribution >= 0.6 is 0 Å². The molecule has 0 rings (SSSR count). The molecule has 1 atom stereocenters. The summed E-state index contributed by atoms with van der Waals surface area (Å²) in [4.78, 5) is 38.4. The molecule has 0 fully saturated rings. The first-order valence-electron chi connectivity index (χ1n) is 35.9. The van der Waals surface area contributed by atoms with Crippen LogP contribution in [0.5, 0.6) is 0 Å². The van der Waals surface area contributed by atoms with Gasteiger partial charge in [-0.1, -0.05) is 338 Å². The maximum Gasteiger partial charge on any atom is 0.306 e. The molecule has 0 radical (unpaired) electrons. The van der Waals surface area contributed by atoms with Crippen LogP contribution in [0.3, 0.4) is 0 Å². The van der Waals surface area contributed by atoms with E-state index in [1.54, 1.807) is 0 Å². The Kier molecular flexibility index (Phi) is 67.6. The highest BCUT2D eigenvalue weighted by Crippen LogP contribution is 2.18.